The normalized spacial score (nSPS) is 15.1. The number of hydrogen-bond acceptors (Lipinski definition) is 6. The number of likely N-dealkylation sites (tertiary alicyclic amines) is 1. The van der Waals surface area contributed by atoms with Crippen molar-refractivity contribution in [2.75, 3.05) is 18.4 Å². The van der Waals surface area contributed by atoms with Gasteiger partial charge in [0.05, 0.1) is 12.0 Å². The lowest BCUT2D eigenvalue weighted by Crippen LogP contribution is -2.49. The minimum absolute atomic E-state index is 0.0345. The van der Waals surface area contributed by atoms with E-state index in [4.69, 9.17) is 28.9 Å². The van der Waals surface area contributed by atoms with Gasteiger partial charge in [0.1, 0.15) is 11.2 Å². The molecule has 1 saturated heterocycles. The van der Waals surface area contributed by atoms with Crippen LogP contribution in [0.25, 0.3) is 11.3 Å². The molecule has 1 aromatic heterocycles. The van der Waals surface area contributed by atoms with Gasteiger partial charge in [-0.15, -0.1) is 0 Å². The summed E-state index contributed by atoms with van der Waals surface area (Å²) in [6.07, 6.45) is 4.46. The summed E-state index contributed by atoms with van der Waals surface area (Å²) in [7, 11) is 0. The number of hydrogen-bond donors (Lipinski definition) is 3. The standard InChI is InChI=1S/C28H30Cl2N6O3/c1-18(37)34-21-9-11-35(12-10-21)28(39)25(13-19-5-3-2-4-6-19)36-17-33-24(15-27(36)38)22-14-20(29)7-8-23(22)32-16-26(30)31/h2-8,14-17,21,25,32H,9-13,31H2,1H3,(H,34,37)/b26-16-. The zero-order valence-corrected chi connectivity index (χ0v) is 23.0. The van der Waals surface area contributed by atoms with E-state index in [1.54, 1.807) is 23.1 Å². The zero-order valence-electron chi connectivity index (χ0n) is 21.4. The van der Waals surface area contributed by atoms with Gasteiger partial charge in [0, 0.05) is 61.0 Å². The predicted molar refractivity (Wildman–Crippen MR) is 153 cm³/mol. The maximum atomic E-state index is 13.8. The van der Waals surface area contributed by atoms with Crippen molar-refractivity contribution in [2.24, 2.45) is 5.73 Å². The molecule has 0 bridgehead atoms. The van der Waals surface area contributed by atoms with Crippen LogP contribution in [0.1, 0.15) is 31.4 Å². The highest BCUT2D eigenvalue weighted by atomic mass is 35.5. The summed E-state index contributed by atoms with van der Waals surface area (Å²) in [5, 5.41) is 6.43. The molecule has 39 heavy (non-hydrogen) atoms. The summed E-state index contributed by atoms with van der Waals surface area (Å²) in [6.45, 7) is 2.47. The van der Waals surface area contributed by atoms with Crippen molar-refractivity contribution in [3.05, 3.63) is 93.2 Å². The lowest BCUT2D eigenvalue weighted by atomic mass is 10.0. The van der Waals surface area contributed by atoms with Crippen molar-refractivity contribution in [3.8, 4) is 11.3 Å². The monoisotopic (exact) mass is 568 g/mol. The molecule has 1 aliphatic rings. The number of carbonyl (C=O) groups is 2. The van der Waals surface area contributed by atoms with Gasteiger partial charge in [0.15, 0.2) is 0 Å². The van der Waals surface area contributed by atoms with Crippen LogP contribution < -0.4 is 21.9 Å². The fourth-order valence-corrected chi connectivity index (χ4v) is 4.90. The van der Waals surface area contributed by atoms with Gasteiger partial charge in [-0.25, -0.2) is 4.98 Å². The summed E-state index contributed by atoms with van der Waals surface area (Å²) in [5.41, 5.74) is 7.64. The Morgan fingerprint density at radius 2 is 1.87 bits per heavy atom. The number of halogens is 2. The van der Waals surface area contributed by atoms with Gasteiger partial charge in [-0.05, 0) is 36.6 Å². The summed E-state index contributed by atoms with van der Waals surface area (Å²) >= 11 is 12.0. The van der Waals surface area contributed by atoms with Crippen LogP contribution in [0.15, 0.2) is 77.1 Å². The largest absolute Gasteiger partial charge is 0.388 e. The van der Waals surface area contributed by atoms with Crippen LogP contribution in [-0.2, 0) is 16.0 Å². The van der Waals surface area contributed by atoms with Gasteiger partial charge in [0.2, 0.25) is 11.8 Å². The number of nitrogens with two attached hydrogens (primary N) is 1. The van der Waals surface area contributed by atoms with Crippen LogP contribution in [0, 0.1) is 0 Å². The van der Waals surface area contributed by atoms with E-state index >= 15 is 0 Å². The van der Waals surface area contributed by atoms with Crippen molar-refractivity contribution in [1.82, 2.24) is 19.8 Å². The Morgan fingerprint density at radius 1 is 1.15 bits per heavy atom. The Hall–Kier alpha value is -3.82. The first-order valence-corrected chi connectivity index (χ1v) is 13.3. The lowest BCUT2D eigenvalue weighted by molar-refractivity contribution is -0.136. The Labute approximate surface area is 236 Å². The first-order chi connectivity index (χ1) is 18.7. The Balaban J connectivity index is 1.65. The molecule has 1 atom stereocenters. The van der Waals surface area contributed by atoms with E-state index < -0.39 is 6.04 Å². The van der Waals surface area contributed by atoms with Crippen molar-refractivity contribution >= 4 is 40.7 Å². The molecule has 1 unspecified atom stereocenters. The van der Waals surface area contributed by atoms with Gasteiger partial charge in [-0.3, -0.25) is 19.0 Å². The second kappa shape index (κ2) is 12.8. The third kappa shape index (κ3) is 7.40. The third-order valence-electron chi connectivity index (χ3n) is 6.57. The molecule has 2 heterocycles. The SMILES string of the molecule is CC(=O)NC1CCN(C(=O)C(Cc2ccccc2)n2cnc(-c3cc(Cl)ccc3N/C=C(\N)Cl)cc2=O)CC1. The van der Waals surface area contributed by atoms with E-state index in [0.29, 0.717) is 54.3 Å². The molecule has 4 N–H and O–H groups in total. The van der Waals surface area contributed by atoms with Gasteiger partial charge < -0.3 is 21.3 Å². The molecule has 3 aromatic rings. The third-order valence-corrected chi connectivity index (χ3v) is 6.91. The molecule has 0 saturated carbocycles. The second-order valence-electron chi connectivity index (χ2n) is 9.39. The van der Waals surface area contributed by atoms with Crippen molar-refractivity contribution in [1.29, 1.82) is 0 Å². The Kier molecular flexibility index (Phi) is 9.27. The van der Waals surface area contributed by atoms with Crippen molar-refractivity contribution in [2.45, 2.75) is 38.3 Å². The molecular weight excluding hydrogens is 539 g/mol. The van der Waals surface area contributed by atoms with E-state index in [1.165, 1.54) is 30.1 Å². The number of nitrogens with one attached hydrogen (secondary N) is 2. The van der Waals surface area contributed by atoms with Gasteiger partial charge in [-0.2, -0.15) is 0 Å². The maximum absolute atomic E-state index is 13.8. The number of aromatic nitrogens is 2. The summed E-state index contributed by atoms with van der Waals surface area (Å²) in [5.74, 6) is -0.246. The number of piperidine rings is 1. The minimum Gasteiger partial charge on any atom is -0.388 e. The number of anilines is 1. The Bertz CT molecular complexity index is 1410. The molecule has 0 spiro atoms. The average molecular weight is 569 g/mol. The predicted octanol–water partition coefficient (Wildman–Crippen LogP) is 3.88. The van der Waals surface area contributed by atoms with Crippen LogP contribution in [0.5, 0.6) is 0 Å². The van der Waals surface area contributed by atoms with E-state index in [0.717, 1.165) is 5.56 Å². The molecule has 9 nitrogen and oxygen atoms in total. The first-order valence-electron chi connectivity index (χ1n) is 12.6. The molecule has 1 aliphatic heterocycles. The van der Waals surface area contributed by atoms with E-state index in [2.05, 4.69) is 15.6 Å². The van der Waals surface area contributed by atoms with Gasteiger partial charge >= 0.3 is 0 Å². The zero-order chi connectivity index (χ0) is 27.9. The summed E-state index contributed by atoms with van der Waals surface area (Å²) in [6, 6.07) is 15.3. The van der Waals surface area contributed by atoms with Crippen LogP contribution in [0.2, 0.25) is 5.02 Å². The van der Waals surface area contributed by atoms with Crippen LogP contribution in [0.3, 0.4) is 0 Å². The number of nitrogens with zero attached hydrogens (tertiary/aromatic N) is 3. The van der Waals surface area contributed by atoms with Crippen molar-refractivity contribution in [3.63, 3.8) is 0 Å². The molecular formula is C28H30Cl2N6O3. The molecule has 204 valence electrons. The maximum Gasteiger partial charge on any atom is 0.254 e. The fourth-order valence-electron chi connectivity index (χ4n) is 4.68. The van der Waals surface area contributed by atoms with Crippen LogP contribution in [-0.4, -0.2) is 45.4 Å². The fraction of sp³-hybridized carbons (Fsp3) is 0.286. The van der Waals surface area contributed by atoms with Gasteiger partial charge in [0.25, 0.3) is 5.56 Å². The molecule has 0 radical (unpaired) electrons. The molecule has 0 aliphatic carbocycles. The Morgan fingerprint density at radius 3 is 2.51 bits per heavy atom. The highest BCUT2D eigenvalue weighted by Gasteiger charge is 2.30. The second-order valence-corrected chi connectivity index (χ2v) is 10.3. The summed E-state index contributed by atoms with van der Waals surface area (Å²) in [4.78, 5) is 45.0. The molecule has 11 heteroatoms. The van der Waals surface area contributed by atoms with E-state index in [-0.39, 0.29) is 28.6 Å². The highest BCUT2D eigenvalue weighted by molar-refractivity contribution is 6.31. The molecule has 4 rings (SSSR count). The molecule has 2 amide bonds. The minimum atomic E-state index is -0.783. The lowest BCUT2D eigenvalue weighted by Gasteiger charge is -2.34. The highest BCUT2D eigenvalue weighted by Crippen LogP contribution is 2.29. The van der Waals surface area contributed by atoms with E-state index in [9.17, 15) is 14.4 Å². The topological polar surface area (TPSA) is 122 Å². The molecule has 1 fully saturated rings. The average Bonchev–Trinajstić information content (AvgIpc) is 2.91. The van der Waals surface area contributed by atoms with Crippen molar-refractivity contribution < 1.29 is 9.59 Å². The quantitative estimate of drug-likeness (QED) is 0.354. The smallest absolute Gasteiger partial charge is 0.254 e. The summed E-state index contributed by atoms with van der Waals surface area (Å²) < 4.78 is 1.38. The van der Waals surface area contributed by atoms with Gasteiger partial charge in [-0.1, -0.05) is 53.5 Å². The molecule has 2 aromatic carbocycles. The van der Waals surface area contributed by atoms with Crippen LogP contribution in [0.4, 0.5) is 5.69 Å². The number of carbonyl (C=O) groups excluding carboxylic acids is 2. The van der Waals surface area contributed by atoms with Crippen LogP contribution >= 0.6 is 23.2 Å². The van der Waals surface area contributed by atoms with E-state index in [1.807, 2.05) is 30.3 Å². The number of amides is 2. The number of benzene rings is 2. The number of rotatable bonds is 8. The first kappa shape index (κ1) is 28.2.